The number of amides is 2. The highest BCUT2D eigenvalue weighted by molar-refractivity contribution is 5.87. The largest absolute Gasteiger partial charge is 0.444 e. The van der Waals surface area contributed by atoms with Crippen molar-refractivity contribution in [2.75, 3.05) is 19.6 Å². The van der Waals surface area contributed by atoms with E-state index in [2.05, 4.69) is 27.6 Å². The summed E-state index contributed by atoms with van der Waals surface area (Å²) in [6, 6.07) is 3.29. The molecule has 0 aromatic carbocycles. The van der Waals surface area contributed by atoms with Crippen molar-refractivity contribution in [1.82, 2.24) is 30.3 Å². The number of carbonyl (C=O) groups is 2. The Morgan fingerprint density at radius 2 is 1.94 bits per heavy atom. The van der Waals surface area contributed by atoms with E-state index in [0.717, 1.165) is 31.1 Å². The second-order valence-corrected chi connectivity index (χ2v) is 10.1. The number of piperidine rings is 1. The minimum atomic E-state index is -0.762. The highest BCUT2D eigenvalue weighted by Crippen LogP contribution is 2.26. The molecule has 35 heavy (non-hydrogen) atoms. The maximum absolute atomic E-state index is 13.5. The molecule has 2 amide bonds. The Morgan fingerprint density at radius 3 is 2.49 bits per heavy atom. The number of ether oxygens (including phenoxy) is 1. The molecule has 1 atom stereocenters. The van der Waals surface area contributed by atoms with Crippen LogP contribution in [0.5, 0.6) is 0 Å². The van der Waals surface area contributed by atoms with Crippen LogP contribution in [0.4, 0.5) is 9.18 Å². The minimum absolute atomic E-state index is 0.0943. The van der Waals surface area contributed by atoms with Crippen LogP contribution in [0, 0.1) is 5.82 Å². The van der Waals surface area contributed by atoms with Crippen LogP contribution < -0.4 is 10.6 Å². The van der Waals surface area contributed by atoms with Gasteiger partial charge in [-0.3, -0.25) is 4.79 Å². The Morgan fingerprint density at radius 1 is 1.23 bits per heavy atom. The Kier molecular flexibility index (Phi) is 8.47. The molecular weight excluding hydrogens is 451 g/mol. The van der Waals surface area contributed by atoms with Gasteiger partial charge in [0.2, 0.25) is 5.91 Å². The molecule has 0 saturated carbocycles. The molecule has 2 N–H and O–H groups in total. The lowest BCUT2D eigenvalue weighted by atomic mass is 9.85. The lowest BCUT2D eigenvalue weighted by Gasteiger charge is -2.42. The van der Waals surface area contributed by atoms with Crippen LogP contribution in [0.25, 0.3) is 5.82 Å². The van der Waals surface area contributed by atoms with E-state index < -0.39 is 17.0 Å². The number of unbranched alkanes of at least 4 members (excludes halogenated alkanes) is 1. The van der Waals surface area contributed by atoms with Crippen LogP contribution in [-0.2, 0) is 9.53 Å². The van der Waals surface area contributed by atoms with Gasteiger partial charge in [-0.1, -0.05) is 19.4 Å². The van der Waals surface area contributed by atoms with Crippen LogP contribution in [0.3, 0.4) is 0 Å². The van der Waals surface area contributed by atoms with E-state index in [1.54, 1.807) is 17.2 Å². The van der Waals surface area contributed by atoms with Crippen molar-refractivity contribution in [2.45, 2.75) is 77.5 Å². The molecule has 3 heterocycles. The number of nitrogens with one attached hydrogen (secondary N) is 2. The molecule has 0 aliphatic carbocycles. The fraction of sp³-hybridized carbons (Fsp3) is 0.600. The van der Waals surface area contributed by atoms with Gasteiger partial charge < -0.3 is 20.3 Å². The summed E-state index contributed by atoms with van der Waals surface area (Å²) in [5.74, 6) is -0.0401. The first-order valence-corrected chi connectivity index (χ1v) is 12.2. The van der Waals surface area contributed by atoms with E-state index >= 15 is 0 Å². The van der Waals surface area contributed by atoms with Gasteiger partial charge in [-0.15, -0.1) is 0 Å². The molecule has 1 aliphatic heterocycles. The summed E-state index contributed by atoms with van der Waals surface area (Å²) in [5, 5.41) is 10.5. The fourth-order valence-electron chi connectivity index (χ4n) is 4.02. The van der Waals surface area contributed by atoms with Crippen molar-refractivity contribution in [3.63, 3.8) is 0 Å². The Hall–Kier alpha value is -3.01. The van der Waals surface area contributed by atoms with Gasteiger partial charge in [0.05, 0.1) is 18.4 Å². The lowest BCUT2D eigenvalue weighted by molar-refractivity contribution is -0.130. The number of halogens is 1. The molecule has 0 spiro atoms. The Labute approximate surface area is 206 Å². The molecule has 192 valence electrons. The molecule has 2 aromatic heterocycles. The maximum atomic E-state index is 13.5. The van der Waals surface area contributed by atoms with Gasteiger partial charge in [-0.2, -0.15) is 5.10 Å². The van der Waals surface area contributed by atoms with Crippen LogP contribution in [0.2, 0.25) is 0 Å². The fourth-order valence-corrected chi connectivity index (χ4v) is 4.02. The molecule has 0 bridgehead atoms. The zero-order valence-corrected chi connectivity index (χ0v) is 21.3. The third-order valence-electron chi connectivity index (χ3n) is 6.10. The number of hydrogen-bond acceptors (Lipinski definition) is 6. The maximum Gasteiger partial charge on any atom is 0.410 e. The molecule has 1 aliphatic rings. The molecule has 10 heteroatoms. The number of carbonyl (C=O) groups excluding carboxylic acids is 2. The van der Waals surface area contributed by atoms with Crippen molar-refractivity contribution < 1.29 is 18.7 Å². The molecule has 3 rings (SSSR count). The van der Waals surface area contributed by atoms with Crippen LogP contribution in [0.15, 0.2) is 30.7 Å². The summed E-state index contributed by atoms with van der Waals surface area (Å²) in [6.45, 7) is 11.1. The SMILES string of the molecule is CCCCNC1(C(=O)NC(C)c2ccc(-n3cc(F)cn3)nc2)CCN(C(=O)OC(C)(C)C)CC1. The van der Waals surface area contributed by atoms with Gasteiger partial charge in [0.15, 0.2) is 11.6 Å². The van der Waals surface area contributed by atoms with Gasteiger partial charge in [0.1, 0.15) is 11.1 Å². The summed E-state index contributed by atoms with van der Waals surface area (Å²) in [6.07, 6.45) is 6.65. The second-order valence-electron chi connectivity index (χ2n) is 10.1. The lowest BCUT2D eigenvalue weighted by Crippen LogP contribution is -2.63. The highest BCUT2D eigenvalue weighted by atomic mass is 19.1. The van der Waals surface area contributed by atoms with Gasteiger partial charge in [-0.05, 0) is 65.1 Å². The second kappa shape index (κ2) is 11.2. The minimum Gasteiger partial charge on any atom is -0.444 e. The number of hydrogen-bond donors (Lipinski definition) is 2. The number of rotatable bonds is 8. The van der Waals surface area contributed by atoms with Crippen molar-refractivity contribution in [3.8, 4) is 5.82 Å². The summed E-state index contributed by atoms with van der Waals surface area (Å²) in [5.41, 5.74) is -0.501. The van der Waals surface area contributed by atoms with E-state index in [1.165, 1.54) is 10.9 Å². The average molecular weight is 489 g/mol. The topological polar surface area (TPSA) is 101 Å². The monoisotopic (exact) mass is 488 g/mol. The first-order chi connectivity index (χ1) is 16.5. The van der Waals surface area contributed by atoms with E-state index in [0.29, 0.717) is 31.7 Å². The molecule has 1 fully saturated rings. The van der Waals surface area contributed by atoms with E-state index in [-0.39, 0.29) is 18.0 Å². The van der Waals surface area contributed by atoms with Crippen LogP contribution in [0.1, 0.15) is 71.9 Å². The Bertz CT molecular complexity index is 993. The Balaban J connectivity index is 1.66. The van der Waals surface area contributed by atoms with Gasteiger partial charge in [-0.25, -0.2) is 18.9 Å². The zero-order chi connectivity index (χ0) is 25.6. The van der Waals surface area contributed by atoms with E-state index in [1.807, 2.05) is 33.8 Å². The molecule has 0 radical (unpaired) electrons. The van der Waals surface area contributed by atoms with Crippen molar-refractivity contribution in [3.05, 3.63) is 42.1 Å². The number of nitrogens with zero attached hydrogens (tertiary/aromatic N) is 4. The summed E-state index contributed by atoms with van der Waals surface area (Å²) in [4.78, 5) is 32.0. The van der Waals surface area contributed by atoms with Gasteiger partial charge >= 0.3 is 6.09 Å². The van der Waals surface area contributed by atoms with Crippen LogP contribution in [-0.4, -0.2) is 62.4 Å². The molecule has 9 nitrogen and oxygen atoms in total. The quantitative estimate of drug-likeness (QED) is 0.549. The summed E-state index contributed by atoms with van der Waals surface area (Å²) < 4.78 is 20.1. The van der Waals surface area contributed by atoms with Crippen LogP contribution >= 0.6 is 0 Å². The van der Waals surface area contributed by atoms with Gasteiger partial charge in [0.25, 0.3) is 0 Å². The molecule has 1 saturated heterocycles. The average Bonchev–Trinajstić information content (AvgIpc) is 3.25. The predicted molar refractivity (Wildman–Crippen MR) is 131 cm³/mol. The molecule has 2 aromatic rings. The van der Waals surface area contributed by atoms with Gasteiger partial charge in [0, 0.05) is 19.3 Å². The van der Waals surface area contributed by atoms with E-state index in [9.17, 15) is 14.0 Å². The first-order valence-electron chi connectivity index (χ1n) is 12.2. The third-order valence-corrected chi connectivity index (χ3v) is 6.10. The summed E-state index contributed by atoms with van der Waals surface area (Å²) >= 11 is 0. The smallest absolute Gasteiger partial charge is 0.410 e. The molecular formula is C25H37FN6O3. The highest BCUT2D eigenvalue weighted by Gasteiger charge is 2.43. The zero-order valence-electron chi connectivity index (χ0n) is 21.3. The number of pyridine rings is 1. The standard InChI is InChI=1S/C25H37FN6O3/c1-6-7-12-28-25(10-13-31(14-11-25)23(34)35-24(3,4)5)22(33)30-18(2)19-8-9-21(27-15-19)32-17-20(26)16-29-32/h8-9,15-18,28H,6-7,10-14H2,1-5H3,(H,30,33). The third kappa shape index (κ3) is 7.00. The number of aromatic nitrogens is 3. The summed E-state index contributed by atoms with van der Waals surface area (Å²) in [7, 11) is 0. The predicted octanol–water partition coefficient (Wildman–Crippen LogP) is 3.74. The first kappa shape index (κ1) is 26.6. The van der Waals surface area contributed by atoms with Crippen molar-refractivity contribution >= 4 is 12.0 Å². The normalized spacial score (nSPS) is 16.6. The number of likely N-dealkylation sites (tertiary alicyclic amines) is 1. The van der Waals surface area contributed by atoms with E-state index in [4.69, 9.17) is 4.74 Å². The molecule has 1 unspecified atom stereocenters. The van der Waals surface area contributed by atoms with Crippen molar-refractivity contribution in [1.29, 1.82) is 0 Å². The van der Waals surface area contributed by atoms with Crippen molar-refractivity contribution in [2.24, 2.45) is 0 Å².